The minimum absolute atomic E-state index is 0.0119. The van der Waals surface area contributed by atoms with Crippen LogP contribution in [0.5, 0.6) is 5.75 Å². The van der Waals surface area contributed by atoms with Gasteiger partial charge in [-0.15, -0.1) is 0 Å². The van der Waals surface area contributed by atoms with Crippen LogP contribution in [0.25, 0.3) is 0 Å². The molecule has 27 heavy (non-hydrogen) atoms. The minimum Gasteiger partial charge on any atom is -0.479 e. The molecule has 2 rings (SSSR count). The van der Waals surface area contributed by atoms with Gasteiger partial charge in [0.25, 0.3) is 11.6 Å². The fourth-order valence-corrected chi connectivity index (χ4v) is 3.09. The number of amides is 1. The Morgan fingerprint density at radius 2 is 2.00 bits per heavy atom. The predicted octanol–water partition coefficient (Wildman–Crippen LogP) is 4.65. The highest BCUT2D eigenvalue weighted by Gasteiger charge is 2.63. The molecule has 5 nitrogen and oxygen atoms in total. The summed E-state index contributed by atoms with van der Waals surface area (Å²) < 4.78 is 45.8. The van der Waals surface area contributed by atoms with Gasteiger partial charge in [-0.05, 0) is 37.5 Å². The second kappa shape index (κ2) is 7.85. The van der Waals surface area contributed by atoms with Crippen molar-refractivity contribution in [3.8, 4) is 5.75 Å². The predicted molar refractivity (Wildman–Crippen MR) is 95.9 cm³/mol. The van der Waals surface area contributed by atoms with Gasteiger partial charge in [0, 0.05) is 17.2 Å². The summed E-state index contributed by atoms with van der Waals surface area (Å²) in [6.07, 6.45) is -7.03. The van der Waals surface area contributed by atoms with Crippen molar-refractivity contribution >= 4 is 34.8 Å². The number of nitrogens with zero attached hydrogens (tertiary/aromatic N) is 2. The lowest BCUT2D eigenvalue weighted by Gasteiger charge is -2.33. The summed E-state index contributed by atoms with van der Waals surface area (Å²) >= 11 is 11.7. The van der Waals surface area contributed by atoms with Crippen LogP contribution in [0.15, 0.2) is 23.3 Å². The molecule has 0 fully saturated rings. The van der Waals surface area contributed by atoms with Gasteiger partial charge in [-0.3, -0.25) is 4.79 Å². The lowest BCUT2D eigenvalue weighted by molar-refractivity contribution is -0.303. The Morgan fingerprint density at radius 1 is 1.37 bits per heavy atom. The maximum absolute atomic E-state index is 13.5. The Kier molecular flexibility index (Phi) is 6.33. The van der Waals surface area contributed by atoms with E-state index in [0.717, 1.165) is 0 Å². The van der Waals surface area contributed by atoms with Crippen LogP contribution >= 0.6 is 23.2 Å². The smallest absolute Gasteiger partial charge is 0.438 e. The molecule has 0 saturated heterocycles. The molecule has 1 aromatic carbocycles. The van der Waals surface area contributed by atoms with Gasteiger partial charge in [0.15, 0.2) is 6.10 Å². The molecule has 10 heteroatoms. The summed E-state index contributed by atoms with van der Waals surface area (Å²) in [5, 5.41) is 14.5. The van der Waals surface area contributed by atoms with Gasteiger partial charge in [-0.25, -0.2) is 0 Å². The Balaban J connectivity index is 2.27. The molecular weight excluding hydrogens is 408 g/mol. The standard InChI is InChI=1S/C17H19Cl2F3N2O3/c1-9(2)6-12-8-16(26,17(20,21)22)24(23-12)15(25)10(3)27-14-5-4-11(18)7-13(14)19/h4-5,7,9-10,26H,6,8H2,1-3H3/t10-,16-/m1/s1. The van der Waals surface area contributed by atoms with Crippen molar-refractivity contribution in [2.75, 3.05) is 0 Å². The molecule has 0 saturated carbocycles. The summed E-state index contributed by atoms with van der Waals surface area (Å²) in [4.78, 5) is 12.6. The molecule has 0 spiro atoms. The molecule has 1 aromatic rings. The van der Waals surface area contributed by atoms with E-state index in [2.05, 4.69) is 5.10 Å². The first-order valence-electron chi connectivity index (χ1n) is 8.16. The van der Waals surface area contributed by atoms with E-state index in [1.165, 1.54) is 25.1 Å². The highest BCUT2D eigenvalue weighted by atomic mass is 35.5. The first kappa shape index (κ1) is 21.8. The van der Waals surface area contributed by atoms with Crippen molar-refractivity contribution in [3.63, 3.8) is 0 Å². The van der Waals surface area contributed by atoms with Gasteiger partial charge in [-0.2, -0.15) is 23.3 Å². The number of aliphatic hydroxyl groups is 1. The van der Waals surface area contributed by atoms with Crippen molar-refractivity contribution in [1.29, 1.82) is 0 Å². The second-order valence-corrected chi connectivity index (χ2v) is 7.58. The minimum atomic E-state index is -5.08. The third-order valence-electron chi connectivity index (χ3n) is 3.89. The second-order valence-electron chi connectivity index (χ2n) is 6.74. The molecule has 0 aromatic heterocycles. The number of ether oxygens (including phenoxy) is 1. The van der Waals surface area contributed by atoms with Gasteiger partial charge >= 0.3 is 6.18 Å². The average Bonchev–Trinajstić information content (AvgIpc) is 2.86. The summed E-state index contributed by atoms with van der Waals surface area (Å²) in [7, 11) is 0. The van der Waals surface area contributed by atoms with Gasteiger partial charge in [0.2, 0.25) is 0 Å². The molecule has 1 aliphatic heterocycles. The van der Waals surface area contributed by atoms with E-state index in [0.29, 0.717) is 5.02 Å². The lowest BCUT2D eigenvalue weighted by Crippen LogP contribution is -2.58. The van der Waals surface area contributed by atoms with Crippen molar-refractivity contribution in [3.05, 3.63) is 28.2 Å². The van der Waals surface area contributed by atoms with Crippen LogP contribution in [0, 0.1) is 5.92 Å². The van der Waals surface area contributed by atoms with Crippen LogP contribution in [0.1, 0.15) is 33.6 Å². The number of hydrazone groups is 1. The molecular formula is C17H19Cl2F3N2O3. The van der Waals surface area contributed by atoms with E-state index in [4.69, 9.17) is 27.9 Å². The highest BCUT2D eigenvalue weighted by molar-refractivity contribution is 6.35. The maximum atomic E-state index is 13.5. The SMILES string of the molecule is CC(C)CC1=NN(C(=O)[C@@H](C)Oc2ccc(Cl)cc2Cl)[C@](O)(C(F)(F)F)C1. The largest absolute Gasteiger partial charge is 0.479 e. The first-order valence-corrected chi connectivity index (χ1v) is 8.92. The van der Waals surface area contributed by atoms with E-state index in [9.17, 15) is 23.1 Å². The third kappa shape index (κ3) is 4.67. The van der Waals surface area contributed by atoms with Gasteiger partial charge in [0.1, 0.15) is 5.75 Å². The third-order valence-corrected chi connectivity index (χ3v) is 4.42. The molecule has 0 aliphatic carbocycles. The van der Waals surface area contributed by atoms with Crippen LogP contribution in [-0.4, -0.2) is 39.7 Å². The van der Waals surface area contributed by atoms with Crippen molar-refractivity contribution in [2.45, 2.75) is 51.6 Å². The summed E-state index contributed by atoms with van der Waals surface area (Å²) in [5.41, 5.74) is -3.31. The Hall–Kier alpha value is -1.51. The van der Waals surface area contributed by atoms with Crippen molar-refractivity contribution < 1.29 is 27.8 Å². The summed E-state index contributed by atoms with van der Waals surface area (Å²) in [5.74, 6) is -1.06. The van der Waals surface area contributed by atoms with Crippen LogP contribution < -0.4 is 4.74 Å². The molecule has 0 bridgehead atoms. The normalized spacial score (nSPS) is 21.4. The van der Waals surface area contributed by atoms with E-state index >= 15 is 0 Å². The Morgan fingerprint density at radius 3 is 2.52 bits per heavy atom. The van der Waals surface area contributed by atoms with Crippen molar-refractivity contribution in [2.24, 2.45) is 11.0 Å². The number of halogens is 5. The molecule has 0 unspecified atom stereocenters. The number of carbonyl (C=O) groups is 1. The maximum Gasteiger partial charge on any atom is 0.438 e. The summed E-state index contributed by atoms with van der Waals surface area (Å²) in [6.45, 7) is 4.85. The monoisotopic (exact) mass is 426 g/mol. The molecule has 2 atom stereocenters. The number of benzene rings is 1. The van der Waals surface area contributed by atoms with Gasteiger partial charge in [0.05, 0.1) is 5.02 Å². The number of hydrogen-bond acceptors (Lipinski definition) is 4. The molecule has 0 radical (unpaired) electrons. The van der Waals surface area contributed by atoms with Crippen molar-refractivity contribution in [1.82, 2.24) is 5.01 Å². The number of carbonyl (C=O) groups excluding carboxylic acids is 1. The van der Waals surface area contributed by atoms with E-state index in [1.807, 2.05) is 0 Å². The molecule has 1 heterocycles. The van der Waals surface area contributed by atoms with Crippen LogP contribution in [0.4, 0.5) is 13.2 Å². The van der Waals surface area contributed by atoms with Crippen LogP contribution in [0.2, 0.25) is 10.0 Å². The number of hydrogen-bond donors (Lipinski definition) is 1. The molecule has 1 aliphatic rings. The molecule has 1 amide bonds. The number of alkyl halides is 3. The highest BCUT2D eigenvalue weighted by Crippen LogP contribution is 2.41. The Labute approximate surface area is 164 Å². The van der Waals surface area contributed by atoms with Gasteiger partial charge in [-0.1, -0.05) is 37.0 Å². The zero-order valence-electron chi connectivity index (χ0n) is 14.8. The molecule has 1 N–H and O–H groups in total. The van der Waals surface area contributed by atoms with Crippen LogP contribution in [-0.2, 0) is 4.79 Å². The fraction of sp³-hybridized carbons (Fsp3) is 0.529. The molecule has 150 valence electrons. The van der Waals surface area contributed by atoms with E-state index in [1.54, 1.807) is 13.8 Å². The topological polar surface area (TPSA) is 62.1 Å². The van der Waals surface area contributed by atoms with Gasteiger partial charge < -0.3 is 9.84 Å². The zero-order valence-corrected chi connectivity index (χ0v) is 16.4. The first-order chi connectivity index (χ1) is 12.3. The number of rotatable bonds is 5. The quantitative estimate of drug-likeness (QED) is 0.745. The summed E-state index contributed by atoms with van der Waals surface area (Å²) in [6, 6.07) is 4.22. The fourth-order valence-electron chi connectivity index (χ4n) is 2.64. The lowest BCUT2D eigenvalue weighted by atomic mass is 9.99. The Bertz CT molecular complexity index is 755. The zero-order chi connectivity index (χ0) is 20.6. The average molecular weight is 427 g/mol. The van der Waals surface area contributed by atoms with Crippen LogP contribution in [0.3, 0.4) is 0 Å². The van der Waals surface area contributed by atoms with E-state index < -0.39 is 30.3 Å². The van der Waals surface area contributed by atoms with E-state index in [-0.39, 0.29) is 33.8 Å².